The van der Waals surface area contributed by atoms with Gasteiger partial charge in [0.15, 0.2) is 0 Å². The van der Waals surface area contributed by atoms with Crippen LogP contribution in [0, 0.1) is 6.92 Å². The number of benzene rings is 2. The Morgan fingerprint density at radius 3 is 2.38 bits per heavy atom. The monoisotopic (exact) mass is 366 g/mol. The molecule has 0 aliphatic rings. The molecule has 0 atom stereocenters. The molecule has 1 amide bonds. The van der Waals surface area contributed by atoms with E-state index in [0.717, 1.165) is 33.1 Å². The van der Waals surface area contributed by atoms with Gasteiger partial charge in [-0.05, 0) is 37.1 Å². The highest BCUT2D eigenvalue weighted by molar-refractivity contribution is 7.13. The van der Waals surface area contributed by atoms with E-state index in [4.69, 9.17) is 4.74 Å². The first kappa shape index (κ1) is 18.1. The van der Waals surface area contributed by atoms with E-state index in [0.29, 0.717) is 19.6 Å². The Kier molecular flexibility index (Phi) is 6.02. The van der Waals surface area contributed by atoms with Gasteiger partial charge < -0.3 is 10.1 Å². The van der Waals surface area contributed by atoms with E-state index in [1.54, 1.807) is 11.3 Å². The minimum Gasteiger partial charge on any atom is -0.494 e. The van der Waals surface area contributed by atoms with Crippen molar-refractivity contribution < 1.29 is 9.53 Å². The summed E-state index contributed by atoms with van der Waals surface area (Å²) < 4.78 is 5.41. The highest BCUT2D eigenvalue weighted by Gasteiger charge is 2.05. The third-order valence-electron chi connectivity index (χ3n) is 3.91. The first-order valence-corrected chi connectivity index (χ1v) is 9.52. The van der Waals surface area contributed by atoms with Crippen LogP contribution in [0.3, 0.4) is 0 Å². The largest absolute Gasteiger partial charge is 0.494 e. The standard InChI is InChI=1S/C21H22N2O2S/c1-3-25-19-10-6-16(7-11-19)12-20(24)22-13-17-4-8-18(9-5-17)21-23-15(2)14-26-21/h4-11,14H,3,12-13H2,1-2H3,(H,22,24). The number of ether oxygens (including phenoxy) is 1. The molecule has 4 nitrogen and oxygen atoms in total. The van der Waals surface area contributed by atoms with Crippen molar-refractivity contribution in [2.75, 3.05) is 6.61 Å². The van der Waals surface area contributed by atoms with Gasteiger partial charge in [0.25, 0.3) is 0 Å². The molecule has 3 aromatic rings. The number of nitrogens with zero attached hydrogens (tertiary/aromatic N) is 1. The summed E-state index contributed by atoms with van der Waals surface area (Å²) in [5.74, 6) is 0.834. The minimum atomic E-state index is 0.00813. The molecule has 5 heteroatoms. The molecule has 0 saturated carbocycles. The number of carbonyl (C=O) groups is 1. The fourth-order valence-corrected chi connectivity index (χ4v) is 3.37. The van der Waals surface area contributed by atoms with Crippen LogP contribution in [0.5, 0.6) is 5.75 Å². The van der Waals surface area contributed by atoms with Crippen LogP contribution in [-0.2, 0) is 17.8 Å². The van der Waals surface area contributed by atoms with Crippen molar-refractivity contribution in [3.8, 4) is 16.3 Å². The van der Waals surface area contributed by atoms with E-state index in [-0.39, 0.29) is 5.91 Å². The van der Waals surface area contributed by atoms with Gasteiger partial charge in [0.1, 0.15) is 10.8 Å². The van der Waals surface area contributed by atoms with Crippen LogP contribution >= 0.6 is 11.3 Å². The van der Waals surface area contributed by atoms with Crippen LogP contribution in [0.4, 0.5) is 0 Å². The SMILES string of the molecule is CCOc1ccc(CC(=O)NCc2ccc(-c3nc(C)cs3)cc2)cc1. The Hall–Kier alpha value is -2.66. The third-order valence-corrected chi connectivity index (χ3v) is 4.92. The van der Waals surface area contributed by atoms with Crippen LogP contribution in [0.25, 0.3) is 10.6 Å². The van der Waals surface area contributed by atoms with Gasteiger partial charge in [-0.15, -0.1) is 11.3 Å². The van der Waals surface area contributed by atoms with Gasteiger partial charge >= 0.3 is 0 Å². The first-order chi connectivity index (χ1) is 12.6. The molecule has 1 heterocycles. The number of carbonyl (C=O) groups excluding carboxylic acids is 1. The van der Waals surface area contributed by atoms with Crippen LogP contribution in [-0.4, -0.2) is 17.5 Å². The molecule has 0 bridgehead atoms. The molecule has 0 aliphatic carbocycles. The topological polar surface area (TPSA) is 51.2 Å². The summed E-state index contributed by atoms with van der Waals surface area (Å²) in [6.07, 6.45) is 0.364. The van der Waals surface area contributed by atoms with Crippen molar-refractivity contribution in [3.63, 3.8) is 0 Å². The number of hydrogen-bond acceptors (Lipinski definition) is 4. The van der Waals surface area contributed by atoms with Crippen LogP contribution in [0.2, 0.25) is 0 Å². The van der Waals surface area contributed by atoms with Gasteiger partial charge in [0, 0.05) is 23.2 Å². The lowest BCUT2D eigenvalue weighted by molar-refractivity contribution is -0.120. The number of thiazole rings is 1. The maximum absolute atomic E-state index is 12.1. The van der Waals surface area contributed by atoms with Gasteiger partial charge in [0.2, 0.25) is 5.91 Å². The van der Waals surface area contributed by atoms with Gasteiger partial charge in [-0.3, -0.25) is 4.79 Å². The molecule has 1 aromatic heterocycles. The normalized spacial score (nSPS) is 10.5. The number of amides is 1. The van der Waals surface area contributed by atoms with Crippen LogP contribution in [0.1, 0.15) is 23.7 Å². The summed E-state index contributed by atoms with van der Waals surface area (Å²) >= 11 is 1.64. The zero-order valence-corrected chi connectivity index (χ0v) is 15.8. The molecule has 134 valence electrons. The Morgan fingerprint density at radius 2 is 1.77 bits per heavy atom. The number of aryl methyl sites for hydroxylation is 1. The molecule has 2 aromatic carbocycles. The van der Waals surface area contributed by atoms with Crippen molar-refractivity contribution in [1.29, 1.82) is 0 Å². The molecular weight excluding hydrogens is 344 g/mol. The number of hydrogen-bond donors (Lipinski definition) is 1. The third kappa shape index (κ3) is 4.92. The van der Waals surface area contributed by atoms with Gasteiger partial charge in [0.05, 0.1) is 13.0 Å². The van der Waals surface area contributed by atoms with Crippen LogP contribution in [0.15, 0.2) is 53.9 Å². The van der Waals surface area contributed by atoms with Gasteiger partial charge in [-0.2, -0.15) is 0 Å². The van der Waals surface area contributed by atoms with E-state index in [1.807, 2.05) is 67.8 Å². The van der Waals surface area contributed by atoms with Crippen LogP contribution < -0.4 is 10.1 Å². The van der Waals surface area contributed by atoms with Crippen molar-refractivity contribution in [1.82, 2.24) is 10.3 Å². The second kappa shape index (κ2) is 8.63. The molecule has 1 N–H and O–H groups in total. The maximum atomic E-state index is 12.1. The van der Waals surface area contributed by atoms with Gasteiger partial charge in [-0.25, -0.2) is 4.98 Å². The molecule has 26 heavy (non-hydrogen) atoms. The summed E-state index contributed by atoms with van der Waals surface area (Å²) in [5, 5.41) is 6.04. The Bertz CT molecular complexity index is 854. The van der Waals surface area contributed by atoms with E-state index >= 15 is 0 Å². The highest BCUT2D eigenvalue weighted by Crippen LogP contribution is 2.23. The van der Waals surface area contributed by atoms with Crippen molar-refractivity contribution in [2.24, 2.45) is 0 Å². The fourth-order valence-electron chi connectivity index (χ4n) is 2.57. The molecule has 0 aliphatic heterocycles. The lowest BCUT2D eigenvalue weighted by Crippen LogP contribution is -2.24. The molecule has 3 rings (SSSR count). The molecule has 0 fully saturated rings. The summed E-state index contributed by atoms with van der Waals surface area (Å²) in [6, 6.07) is 15.8. The summed E-state index contributed by atoms with van der Waals surface area (Å²) in [4.78, 5) is 16.6. The predicted molar refractivity (Wildman–Crippen MR) is 105 cm³/mol. The average Bonchev–Trinajstić information content (AvgIpc) is 3.09. The van der Waals surface area contributed by atoms with E-state index in [1.165, 1.54) is 0 Å². The van der Waals surface area contributed by atoms with Crippen molar-refractivity contribution in [3.05, 3.63) is 70.7 Å². The van der Waals surface area contributed by atoms with Gasteiger partial charge in [-0.1, -0.05) is 36.4 Å². The highest BCUT2D eigenvalue weighted by atomic mass is 32.1. The smallest absolute Gasteiger partial charge is 0.224 e. The molecule has 0 unspecified atom stereocenters. The van der Waals surface area contributed by atoms with E-state index in [9.17, 15) is 4.79 Å². The second-order valence-electron chi connectivity index (χ2n) is 6.02. The molecular formula is C21H22N2O2S. The van der Waals surface area contributed by atoms with E-state index in [2.05, 4.69) is 10.3 Å². The maximum Gasteiger partial charge on any atom is 0.224 e. The van der Waals surface area contributed by atoms with Crippen molar-refractivity contribution in [2.45, 2.75) is 26.8 Å². The fraction of sp³-hybridized carbons (Fsp3) is 0.238. The minimum absolute atomic E-state index is 0.00813. The lowest BCUT2D eigenvalue weighted by Gasteiger charge is -2.07. The molecule has 0 radical (unpaired) electrons. The zero-order valence-electron chi connectivity index (χ0n) is 15.0. The Balaban J connectivity index is 1.51. The molecule has 0 spiro atoms. The zero-order chi connectivity index (χ0) is 18.4. The first-order valence-electron chi connectivity index (χ1n) is 8.64. The Morgan fingerprint density at radius 1 is 1.08 bits per heavy atom. The summed E-state index contributed by atoms with van der Waals surface area (Å²) in [7, 11) is 0. The average molecular weight is 366 g/mol. The number of aromatic nitrogens is 1. The van der Waals surface area contributed by atoms with E-state index < -0.39 is 0 Å². The summed E-state index contributed by atoms with van der Waals surface area (Å²) in [6.45, 7) is 5.11. The van der Waals surface area contributed by atoms with Crippen molar-refractivity contribution >= 4 is 17.2 Å². The Labute approximate surface area is 157 Å². The molecule has 0 saturated heterocycles. The number of rotatable bonds is 7. The predicted octanol–water partition coefficient (Wildman–Crippen LogP) is 4.38. The summed E-state index contributed by atoms with van der Waals surface area (Å²) in [5.41, 5.74) is 4.19. The lowest BCUT2D eigenvalue weighted by atomic mass is 10.1. The second-order valence-corrected chi connectivity index (χ2v) is 6.88. The number of nitrogens with one attached hydrogen (secondary N) is 1. The quantitative estimate of drug-likeness (QED) is 0.675.